The van der Waals surface area contributed by atoms with Crippen LogP contribution < -0.4 is 11.1 Å². The molecule has 0 bridgehead atoms. The van der Waals surface area contributed by atoms with Gasteiger partial charge in [-0.1, -0.05) is 49.6 Å². The van der Waals surface area contributed by atoms with Crippen LogP contribution in [-0.4, -0.2) is 11.8 Å². The van der Waals surface area contributed by atoms with Gasteiger partial charge in [0.1, 0.15) is 5.00 Å². The van der Waals surface area contributed by atoms with Crippen LogP contribution in [0, 0.1) is 24.7 Å². The first-order valence-electron chi connectivity index (χ1n) is 8.85. The first kappa shape index (κ1) is 16.3. The molecular formula is C20H22N2O2S. The zero-order valence-corrected chi connectivity index (χ0v) is 15.1. The van der Waals surface area contributed by atoms with Crippen LogP contribution in [0.4, 0.5) is 5.00 Å². The standard InChI is InChI=1S/C20H22N2O2S/c1-11-16(13-6-3-2-4-7-13)17(18(21)23)20(25-11)22-19(24)15-10-14(15)12-8-5-9-12/h2-4,6-7,12,14-15H,5,8-10H2,1H3,(H2,21,23)(H,22,24)/t14-,15+/m1/s1. The maximum absolute atomic E-state index is 12.6. The summed E-state index contributed by atoms with van der Waals surface area (Å²) in [6.45, 7) is 1.96. The number of nitrogens with one attached hydrogen (secondary N) is 1. The van der Waals surface area contributed by atoms with Crippen molar-refractivity contribution in [3.8, 4) is 11.1 Å². The topological polar surface area (TPSA) is 72.2 Å². The van der Waals surface area contributed by atoms with Crippen molar-refractivity contribution in [3.63, 3.8) is 0 Å². The third-order valence-electron chi connectivity index (χ3n) is 5.56. The summed E-state index contributed by atoms with van der Waals surface area (Å²) in [6, 6.07) is 9.72. The van der Waals surface area contributed by atoms with Crippen LogP contribution in [0.25, 0.3) is 11.1 Å². The number of hydrogen-bond donors (Lipinski definition) is 2. The predicted molar refractivity (Wildman–Crippen MR) is 101 cm³/mol. The maximum atomic E-state index is 12.6. The van der Waals surface area contributed by atoms with Crippen molar-refractivity contribution in [2.75, 3.05) is 5.32 Å². The molecule has 0 spiro atoms. The van der Waals surface area contributed by atoms with E-state index in [1.54, 1.807) is 0 Å². The van der Waals surface area contributed by atoms with Crippen LogP contribution in [-0.2, 0) is 4.79 Å². The van der Waals surface area contributed by atoms with E-state index in [-0.39, 0.29) is 11.8 Å². The summed E-state index contributed by atoms with van der Waals surface area (Å²) in [5.41, 5.74) is 7.87. The van der Waals surface area contributed by atoms with E-state index in [1.165, 1.54) is 30.6 Å². The summed E-state index contributed by atoms with van der Waals surface area (Å²) in [5.74, 6) is 0.926. The number of nitrogens with two attached hydrogens (primary N) is 1. The molecule has 2 atom stereocenters. The highest BCUT2D eigenvalue weighted by molar-refractivity contribution is 7.17. The van der Waals surface area contributed by atoms with Crippen molar-refractivity contribution in [2.45, 2.75) is 32.6 Å². The minimum atomic E-state index is -0.496. The third kappa shape index (κ3) is 2.97. The van der Waals surface area contributed by atoms with E-state index in [2.05, 4.69) is 5.32 Å². The molecule has 25 heavy (non-hydrogen) atoms. The van der Waals surface area contributed by atoms with Crippen molar-refractivity contribution < 1.29 is 9.59 Å². The van der Waals surface area contributed by atoms with Gasteiger partial charge in [-0.05, 0) is 30.7 Å². The second-order valence-corrected chi connectivity index (χ2v) is 8.38. The van der Waals surface area contributed by atoms with Gasteiger partial charge in [-0.2, -0.15) is 0 Å². The van der Waals surface area contributed by atoms with E-state index < -0.39 is 5.91 Å². The number of hydrogen-bond acceptors (Lipinski definition) is 3. The van der Waals surface area contributed by atoms with Crippen LogP contribution in [0.2, 0.25) is 0 Å². The Balaban J connectivity index is 1.60. The molecule has 2 amide bonds. The SMILES string of the molecule is Cc1sc(NC(=O)[C@H]2C[C@@H]2C2CCC2)c(C(N)=O)c1-c1ccccc1. The monoisotopic (exact) mass is 354 g/mol. The number of primary amides is 1. The van der Waals surface area contributed by atoms with E-state index >= 15 is 0 Å². The number of thiophene rings is 1. The van der Waals surface area contributed by atoms with Gasteiger partial charge < -0.3 is 11.1 Å². The molecule has 5 heteroatoms. The number of aryl methyl sites for hydroxylation is 1. The number of benzene rings is 1. The Morgan fingerprint density at radius 3 is 2.52 bits per heavy atom. The molecule has 1 aromatic carbocycles. The normalized spacial score (nSPS) is 22.3. The molecule has 2 fully saturated rings. The average molecular weight is 354 g/mol. The van der Waals surface area contributed by atoms with Gasteiger partial charge in [-0.3, -0.25) is 9.59 Å². The molecule has 130 valence electrons. The Morgan fingerprint density at radius 2 is 1.92 bits per heavy atom. The highest BCUT2D eigenvalue weighted by Gasteiger charge is 2.49. The molecule has 0 unspecified atom stereocenters. The van der Waals surface area contributed by atoms with Gasteiger partial charge in [0.25, 0.3) is 5.91 Å². The molecule has 3 N–H and O–H groups in total. The maximum Gasteiger partial charge on any atom is 0.252 e. The van der Waals surface area contributed by atoms with Gasteiger partial charge >= 0.3 is 0 Å². The molecule has 1 aromatic heterocycles. The fourth-order valence-electron chi connectivity index (χ4n) is 3.93. The lowest BCUT2D eigenvalue weighted by atomic mass is 9.81. The zero-order chi connectivity index (χ0) is 17.6. The minimum Gasteiger partial charge on any atom is -0.365 e. The Bertz CT molecular complexity index is 824. The lowest BCUT2D eigenvalue weighted by Gasteiger charge is -2.25. The molecule has 0 aliphatic heterocycles. The van der Waals surface area contributed by atoms with Gasteiger partial charge in [0.15, 0.2) is 0 Å². The Morgan fingerprint density at radius 1 is 1.20 bits per heavy atom. The summed E-state index contributed by atoms with van der Waals surface area (Å²) in [7, 11) is 0. The number of anilines is 1. The zero-order valence-electron chi connectivity index (χ0n) is 14.2. The molecule has 4 rings (SSSR count). The molecule has 2 aromatic rings. The van der Waals surface area contributed by atoms with Crippen molar-refractivity contribution in [2.24, 2.45) is 23.5 Å². The molecule has 1 heterocycles. The van der Waals surface area contributed by atoms with Crippen LogP contribution in [0.1, 0.15) is 40.9 Å². The van der Waals surface area contributed by atoms with Crippen molar-refractivity contribution in [1.82, 2.24) is 0 Å². The number of carbonyl (C=O) groups is 2. The predicted octanol–water partition coefficient (Wildman–Crippen LogP) is 4.20. The highest BCUT2D eigenvalue weighted by Crippen LogP contribution is 2.52. The largest absolute Gasteiger partial charge is 0.365 e. The summed E-state index contributed by atoms with van der Waals surface area (Å²) >= 11 is 1.43. The van der Waals surface area contributed by atoms with Crippen molar-refractivity contribution >= 4 is 28.2 Å². The lowest BCUT2D eigenvalue weighted by molar-refractivity contribution is -0.117. The highest BCUT2D eigenvalue weighted by atomic mass is 32.1. The van der Waals surface area contributed by atoms with E-state index in [0.717, 1.165) is 28.3 Å². The molecule has 2 saturated carbocycles. The molecular weight excluding hydrogens is 332 g/mol. The second-order valence-electron chi connectivity index (χ2n) is 7.15. The van der Waals surface area contributed by atoms with Gasteiger partial charge in [0.2, 0.25) is 5.91 Å². The Kier molecular flexibility index (Phi) is 4.12. The number of carbonyl (C=O) groups excluding carboxylic acids is 2. The fourth-order valence-corrected chi connectivity index (χ4v) is 5.01. The second kappa shape index (κ2) is 6.30. The van der Waals surface area contributed by atoms with Gasteiger partial charge in [-0.15, -0.1) is 11.3 Å². The first-order valence-corrected chi connectivity index (χ1v) is 9.67. The molecule has 2 aliphatic carbocycles. The Labute approximate surface area is 151 Å². The van der Waals surface area contributed by atoms with E-state index in [9.17, 15) is 9.59 Å². The van der Waals surface area contributed by atoms with Crippen molar-refractivity contribution in [1.29, 1.82) is 0 Å². The minimum absolute atomic E-state index is 0.0419. The molecule has 0 radical (unpaired) electrons. The van der Waals surface area contributed by atoms with Crippen molar-refractivity contribution in [3.05, 3.63) is 40.8 Å². The van der Waals surface area contributed by atoms with E-state index in [0.29, 0.717) is 16.5 Å². The Hall–Kier alpha value is -2.14. The summed E-state index contributed by atoms with van der Waals surface area (Å²) in [4.78, 5) is 25.7. The van der Waals surface area contributed by atoms with Crippen LogP contribution in [0.3, 0.4) is 0 Å². The fraction of sp³-hybridized carbons (Fsp3) is 0.400. The van der Waals surface area contributed by atoms with Gasteiger partial charge in [-0.25, -0.2) is 0 Å². The quantitative estimate of drug-likeness (QED) is 0.845. The van der Waals surface area contributed by atoms with Gasteiger partial charge in [0, 0.05) is 16.4 Å². The third-order valence-corrected chi connectivity index (χ3v) is 6.58. The average Bonchev–Trinajstić information content (AvgIpc) is 3.23. The molecule has 0 saturated heterocycles. The van der Waals surface area contributed by atoms with Crippen LogP contribution >= 0.6 is 11.3 Å². The molecule has 2 aliphatic rings. The van der Waals surface area contributed by atoms with Crippen LogP contribution in [0.5, 0.6) is 0 Å². The van der Waals surface area contributed by atoms with Gasteiger partial charge in [0.05, 0.1) is 5.56 Å². The summed E-state index contributed by atoms with van der Waals surface area (Å²) in [6.07, 6.45) is 4.80. The summed E-state index contributed by atoms with van der Waals surface area (Å²) < 4.78 is 0. The smallest absolute Gasteiger partial charge is 0.252 e. The molecule has 4 nitrogen and oxygen atoms in total. The van der Waals surface area contributed by atoms with Crippen LogP contribution in [0.15, 0.2) is 30.3 Å². The lowest BCUT2D eigenvalue weighted by Crippen LogP contribution is -2.21. The van der Waals surface area contributed by atoms with E-state index in [4.69, 9.17) is 5.73 Å². The first-order chi connectivity index (χ1) is 12.1. The summed E-state index contributed by atoms with van der Waals surface area (Å²) in [5, 5.41) is 3.59. The van der Waals surface area contributed by atoms with E-state index in [1.807, 2.05) is 37.3 Å². The number of rotatable bonds is 5. The number of amides is 2.